The molecule has 0 aliphatic carbocycles. The minimum absolute atomic E-state index is 0.127. The van der Waals surface area contributed by atoms with Gasteiger partial charge >= 0.3 is 6.61 Å². The Labute approximate surface area is 172 Å². The quantitative estimate of drug-likeness (QED) is 0.525. The molecule has 0 bridgehead atoms. The molecule has 1 aliphatic rings. The summed E-state index contributed by atoms with van der Waals surface area (Å²) >= 11 is 1.40. The molecule has 156 valence electrons. The van der Waals surface area contributed by atoms with Gasteiger partial charge in [-0.1, -0.05) is 11.3 Å². The van der Waals surface area contributed by atoms with Gasteiger partial charge in [-0.2, -0.15) is 13.9 Å². The zero-order valence-electron chi connectivity index (χ0n) is 15.9. The number of hydrogen-bond donors (Lipinski definition) is 1. The van der Waals surface area contributed by atoms with E-state index >= 15 is 0 Å². The number of imidazole rings is 1. The number of aromatic nitrogens is 5. The van der Waals surface area contributed by atoms with Gasteiger partial charge in [-0.25, -0.2) is 14.5 Å². The van der Waals surface area contributed by atoms with Gasteiger partial charge < -0.3 is 15.0 Å². The van der Waals surface area contributed by atoms with Gasteiger partial charge in [0.15, 0.2) is 16.4 Å². The van der Waals surface area contributed by atoms with E-state index in [0.29, 0.717) is 10.7 Å². The van der Waals surface area contributed by atoms with Crippen LogP contribution in [0.15, 0.2) is 29.3 Å². The standard InChI is InChI=1S/C18H17F2N7O2S/c1-10-8-27-16(22-10)13(29-17(19)20)6-12(24-27)11-7-14(28)26-9-15(30-18(26)23-11)25-4-2-21-3-5-25/h6-9,17,21H,2-5H2,1H3. The first-order chi connectivity index (χ1) is 14.5. The van der Waals surface area contributed by atoms with Crippen LogP contribution >= 0.6 is 11.3 Å². The van der Waals surface area contributed by atoms with E-state index in [9.17, 15) is 13.6 Å². The van der Waals surface area contributed by atoms with E-state index in [1.807, 2.05) is 0 Å². The van der Waals surface area contributed by atoms with Gasteiger partial charge in [0.05, 0.1) is 17.6 Å². The van der Waals surface area contributed by atoms with Gasteiger partial charge in [0, 0.05) is 44.5 Å². The smallest absolute Gasteiger partial charge is 0.387 e. The Bertz CT molecular complexity index is 1290. The molecule has 4 aromatic rings. The highest BCUT2D eigenvalue weighted by Gasteiger charge is 2.18. The first-order valence-electron chi connectivity index (χ1n) is 9.29. The first-order valence-corrected chi connectivity index (χ1v) is 10.1. The van der Waals surface area contributed by atoms with Gasteiger partial charge in [-0.3, -0.25) is 9.20 Å². The number of fused-ring (bicyclic) bond motifs is 2. The highest BCUT2D eigenvalue weighted by molar-refractivity contribution is 7.20. The molecule has 4 aromatic heterocycles. The van der Waals surface area contributed by atoms with Crippen LogP contribution in [0, 0.1) is 6.92 Å². The van der Waals surface area contributed by atoms with E-state index in [0.717, 1.165) is 31.2 Å². The van der Waals surface area contributed by atoms with Crippen LogP contribution in [0.4, 0.5) is 13.8 Å². The molecule has 0 saturated carbocycles. The van der Waals surface area contributed by atoms with E-state index in [-0.39, 0.29) is 28.3 Å². The number of anilines is 1. The molecule has 1 fully saturated rings. The lowest BCUT2D eigenvalue weighted by Crippen LogP contribution is -2.43. The molecule has 0 unspecified atom stereocenters. The topological polar surface area (TPSA) is 89.1 Å². The Hall–Kier alpha value is -3.12. The summed E-state index contributed by atoms with van der Waals surface area (Å²) in [5, 5.41) is 8.63. The van der Waals surface area contributed by atoms with Crippen LogP contribution < -0.4 is 20.5 Å². The molecule has 12 heteroatoms. The van der Waals surface area contributed by atoms with Gasteiger partial charge in [0.2, 0.25) is 0 Å². The Morgan fingerprint density at radius 3 is 2.73 bits per heavy atom. The SMILES string of the molecule is Cc1cn2nc(-c3cc(=O)n4cc(N5CCNCC5)sc4n3)cc(OC(F)F)c2n1. The Morgan fingerprint density at radius 2 is 1.97 bits per heavy atom. The third-order valence-corrected chi connectivity index (χ3v) is 5.82. The van der Waals surface area contributed by atoms with Crippen molar-refractivity contribution in [1.29, 1.82) is 0 Å². The van der Waals surface area contributed by atoms with Crippen molar-refractivity contribution in [3.8, 4) is 17.1 Å². The number of nitrogens with one attached hydrogen (secondary N) is 1. The van der Waals surface area contributed by atoms with Crippen molar-refractivity contribution < 1.29 is 13.5 Å². The third-order valence-electron chi connectivity index (χ3n) is 4.77. The number of halogens is 2. The number of rotatable bonds is 4. The first kappa shape index (κ1) is 18.9. The highest BCUT2D eigenvalue weighted by Crippen LogP contribution is 2.29. The Kier molecular flexibility index (Phi) is 4.59. The van der Waals surface area contributed by atoms with Crippen molar-refractivity contribution in [3.05, 3.63) is 40.6 Å². The molecule has 1 saturated heterocycles. The molecule has 30 heavy (non-hydrogen) atoms. The average molecular weight is 433 g/mol. The van der Waals surface area contributed by atoms with Crippen LogP contribution in [0.5, 0.6) is 5.75 Å². The summed E-state index contributed by atoms with van der Waals surface area (Å²) in [4.78, 5) is 24.1. The molecule has 5 heterocycles. The highest BCUT2D eigenvalue weighted by atomic mass is 32.1. The maximum Gasteiger partial charge on any atom is 0.387 e. The van der Waals surface area contributed by atoms with E-state index in [4.69, 9.17) is 0 Å². The zero-order chi connectivity index (χ0) is 20.8. The molecule has 1 aliphatic heterocycles. The van der Waals surface area contributed by atoms with E-state index in [1.165, 1.54) is 32.4 Å². The lowest BCUT2D eigenvalue weighted by atomic mass is 10.2. The summed E-state index contributed by atoms with van der Waals surface area (Å²) in [6.45, 7) is 2.16. The molecule has 0 amide bonds. The van der Waals surface area contributed by atoms with Crippen molar-refractivity contribution in [1.82, 2.24) is 29.3 Å². The van der Waals surface area contributed by atoms with E-state index in [1.54, 1.807) is 19.3 Å². The number of alkyl halides is 2. The molecule has 9 nitrogen and oxygen atoms in total. The molecule has 1 N–H and O–H groups in total. The molecular formula is C18H17F2N7O2S. The van der Waals surface area contributed by atoms with Crippen molar-refractivity contribution in [3.63, 3.8) is 0 Å². The second kappa shape index (κ2) is 7.29. The minimum atomic E-state index is -3.01. The zero-order valence-corrected chi connectivity index (χ0v) is 16.7. The fourth-order valence-corrected chi connectivity index (χ4v) is 4.47. The number of hydrogen-bond acceptors (Lipinski definition) is 8. The number of ether oxygens (including phenoxy) is 1. The molecule has 5 rings (SSSR count). The summed E-state index contributed by atoms with van der Waals surface area (Å²) in [6.07, 6.45) is 3.38. The maximum atomic E-state index is 12.9. The van der Waals surface area contributed by atoms with Crippen molar-refractivity contribution in [2.45, 2.75) is 13.5 Å². The van der Waals surface area contributed by atoms with Gasteiger partial charge in [0.1, 0.15) is 10.7 Å². The van der Waals surface area contributed by atoms with Crippen LogP contribution in [0.1, 0.15) is 5.69 Å². The second-order valence-electron chi connectivity index (χ2n) is 6.86. The lowest BCUT2D eigenvalue weighted by Gasteiger charge is -2.27. The van der Waals surface area contributed by atoms with Crippen LogP contribution in [0.2, 0.25) is 0 Å². The molecule has 0 spiro atoms. The fraction of sp³-hybridized carbons (Fsp3) is 0.333. The Balaban J connectivity index is 1.61. The number of piperazine rings is 1. The van der Waals surface area contributed by atoms with Crippen LogP contribution in [-0.4, -0.2) is 56.8 Å². The molecule has 0 aromatic carbocycles. The predicted molar refractivity (Wildman–Crippen MR) is 108 cm³/mol. The van der Waals surface area contributed by atoms with E-state index in [2.05, 4.69) is 30.0 Å². The average Bonchev–Trinajstić information content (AvgIpc) is 3.31. The number of aryl methyl sites for hydroxylation is 1. The largest absolute Gasteiger partial charge is 0.431 e. The molecule has 0 atom stereocenters. The summed E-state index contributed by atoms with van der Waals surface area (Å²) in [5.41, 5.74) is 1.02. The fourth-order valence-electron chi connectivity index (χ4n) is 3.42. The summed E-state index contributed by atoms with van der Waals surface area (Å²) in [6, 6.07) is 2.67. The van der Waals surface area contributed by atoms with Gasteiger partial charge in [0.25, 0.3) is 5.56 Å². The summed E-state index contributed by atoms with van der Waals surface area (Å²) in [7, 11) is 0. The monoisotopic (exact) mass is 433 g/mol. The lowest BCUT2D eigenvalue weighted by molar-refractivity contribution is -0.0492. The maximum absolute atomic E-state index is 12.9. The number of nitrogens with zero attached hydrogens (tertiary/aromatic N) is 6. The van der Waals surface area contributed by atoms with Crippen LogP contribution in [0.25, 0.3) is 22.0 Å². The van der Waals surface area contributed by atoms with Crippen LogP contribution in [-0.2, 0) is 0 Å². The third kappa shape index (κ3) is 3.37. The summed E-state index contributed by atoms with van der Waals surface area (Å²) < 4.78 is 33.2. The Morgan fingerprint density at radius 1 is 1.17 bits per heavy atom. The predicted octanol–water partition coefficient (Wildman–Crippen LogP) is 1.79. The van der Waals surface area contributed by atoms with Crippen molar-refractivity contribution in [2.75, 3.05) is 31.1 Å². The minimum Gasteiger partial charge on any atom is -0.431 e. The van der Waals surface area contributed by atoms with Gasteiger partial charge in [-0.15, -0.1) is 0 Å². The number of thiazole rings is 1. The molecule has 0 radical (unpaired) electrons. The molecular weight excluding hydrogens is 416 g/mol. The van der Waals surface area contributed by atoms with Crippen molar-refractivity contribution in [2.24, 2.45) is 0 Å². The summed E-state index contributed by atoms with van der Waals surface area (Å²) in [5.74, 6) is -0.127. The van der Waals surface area contributed by atoms with E-state index < -0.39 is 6.61 Å². The van der Waals surface area contributed by atoms with Crippen molar-refractivity contribution >= 4 is 26.9 Å². The second-order valence-corrected chi connectivity index (χ2v) is 7.85. The van der Waals surface area contributed by atoms with Gasteiger partial charge in [-0.05, 0) is 6.92 Å². The van der Waals surface area contributed by atoms with Crippen LogP contribution in [0.3, 0.4) is 0 Å². The normalized spacial score (nSPS) is 14.9.